The quantitative estimate of drug-likeness (QED) is 0.568. The van der Waals surface area contributed by atoms with Crippen LogP contribution in [0.3, 0.4) is 0 Å². The second-order valence-corrected chi connectivity index (χ2v) is 5.31. The number of nitrogens with one attached hydrogen (secondary N) is 1. The van der Waals surface area contributed by atoms with E-state index in [0.29, 0.717) is 11.3 Å². The smallest absolute Gasteiger partial charge is 0.311 e. The Labute approximate surface area is 134 Å². The first-order valence-electron chi connectivity index (χ1n) is 6.20. The molecule has 0 fully saturated rings. The second kappa shape index (κ2) is 6.54. The first kappa shape index (κ1) is 15.9. The minimum Gasteiger partial charge on any atom is -0.502 e. The molecule has 0 atom stereocenters. The van der Waals surface area contributed by atoms with Crippen LogP contribution >= 0.6 is 15.9 Å². The number of halogens is 1. The van der Waals surface area contributed by atoms with E-state index in [2.05, 4.69) is 21.2 Å². The standard InChI is InChI=1S/C14H12BrN3O4/c15-9-4-5-11(8(6-9)7-16)17-14(20)10-2-1-3-12(13(10)19)18(21)22/h1-6,19H,7,16H2,(H,17,20). The molecule has 1 amide bonds. The minimum absolute atomic E-state index is 0.180. The van der Waals surface area contributed by atoms with E-state index >= 15 is 0 Å². The van der Waals surface area contributed by atoms with Gasteiger partial charge in [-0.25, -0.2) is 0 Å². The van der Waals surface area contributed by atoms with E-state index in [9.17, 15) is 20.0 Å². The average molecular weight is 366 g/mol. The lowest BCUT2D eigenvalue weighted by Gasteiger charge is -2.11. The molecule has 7 nitrogen and oxygen atoms in total. The molecule has 22 heavy (non-hydrogen) atoms. The van der Waals surface area contributed by atoms with Gasteiger partial charge in [0.2, 0.25) is 5.75 Å². The Kier molecular flexibility index (Phi) is 4.74. The Morgan fingerprint density at radius 3 is 2.73 bits per heavy atom. The summed E-state index contributed by atoms with van der Waals surface area (Å²) in [6.45, 7) is 0.204. The minimum atomic E-state index is -0.753. The van der Waals surface area contributed by atoms with Crippen LogP contribution in [0.5, 0.6) is 5.75 Å². The van der Waals surface area contributed by atoms with Crippen LogP contribution < -0.4 is 11.1 Å². The zero-order chi connectivity index (χ0) is 16.3. The van der Waals surface area contributed by atoms with E-state index in [0.717, 1.165) is 10.5 Å². The van der Waals surface area contributed by atoms with E-state index in [1.165, 1.54) is 12.1 Å². The van der Waals surface area contributed by atoms with Gasteiger partial charge >= 0.3 is 5.69 Å². The maximum absolute atomic E-state index is 12.2. The van der Waals surface area contributed by atoms with Crippen molar-refractivity contribution in [2.24, 2.45) is 5.73 Å². The molecule has 0 spiro atoms. The van der Waals surface area contributed by atoms with Crippen LogP contribution in [-0.2, 0) is 6.54 Å². The normalized spacial score (nSPS) is 10.3. The van der Waals surface area contributed by atoms with Gasteiger partial charge in [-0.3, -0.25) is 14.9 Å². The number of aromatic hydroxyl groups is 1. The number of carbonyl (C=O) groups is 1. The van der Waals surface area contributed by atoms with Crippen LogP contribution in [0.2, 0.25) is 0 Å². The predicted octanol–water partition coefficient (Wildman–Crippen LogP) is 2.77. The van der Waals surface area contributed by atoms with Crippen molar-refractivity contribution < 1.29 is 14.8 Å². The fourth-order valence-electron chi connectivity index (χ4n) is 1.90. The monoisotopic (exact) mass is 365 g/mol. The molecule has 2 rings (SSSR count). The number of benzene rings is 2. The number of hydrogen-bond acceptors (Lipinski definition) is 5. The number of phenolic OH excluding ortho intramolecular Hbond substituents is 1. The molecule has 0 saturated carbocycles. The van der Waals surface area contributed by atoms with Gasteiger partial charge in [0.25, 0.3) is 5.91 Å². The highest BCUT2D eigenvalue weighted by molar-refractivity contribution is 9.10. The highest BCUT2D eigenvalue weighted by Gasteiger charge is 2.21. The van der Waals surface area contributed by atoms with Crippen LogP contribution in [0.15, 0.2) is 40.9 Å². The summed E-state index contributed by atoms with van der Waals surface area (Å²) < 4.78 is 0.809. The van der Waals surface area contributed by atoms with Crippen LogP contribution in [-0.4, -0.2) is 15.9 Å². The van der Waals surface area contributed by atoms with E-state index in [1.54, 1.807) is 18.2 Å². The summed E-state index contributed by atoms with van der Waals surface area (Å²) in [6, 6.07) is 8.89. The fraction of sp³-hybridized carbons (Fsp3) is 0.0714. The van der Waals surface area contributed by atoms with Gasteiger partial charge in [-0.15, -0.1) is 0 Å². The molecule has 0 saturated heterocycles. The van der Waals surface area contributed by atoms with Crippen LogP contribution in [0.25, 0.3) is 0 Å². The Hall–Kier alpha value is -2.45. The lowest BCUT2D eigenvalue weighted by Crippen LogP contribution is -2.15. The van der Waals surface area contributed by atoms with Crippen molar-refractivity contribution in [3.05, 3.63) is 62.1 Å². The molecule has 8 heteroatoms. The molecule has 0 heterocycles. The summed E-state index contributed by atoms with van der Waals surface area (Å²) in [5, 5.41) is 23.2. The van der Waals surface area contributed by atoms with Crippen molar-refractivity contribution in [2.75, 3.05) is 5.32 Å². The molecule has 2 aromatic rings. The number of hydrogen-bond donors (Lipinski definition) is 3. The van der Waals surface area contributed by atoms with Gasteiger partial charge in [0, 0.05) is 22.8 Å². The Morgan fingerprint density at radius 2 is 2.09 bits per heavy atom. The lowest BCUT2D eigenvalue weighted by molar-refractivity contribution is -0.385. The first-order chi connectivity index (χ1) is 10.4. The average Bonchev–Trinajstić information content (AvgIpc) is 2.48. The summed E-state index contributed by atoms with van der Waals surface area (Å²) in [7, 11) is 0. The van der Waals surface area contributed by atoms with Crippen molar-refractivity contribution in [3.63, 3.8) is 0 Å². The van der Waals surface area contributed by atoms with Crippen molar-refractivity contribution >= 4 is 33.2 Å². The molecule has 0 aliphatic rings. The third-order valence-electron chi connectivity index (χ3n) is 2.99. The van der Waals surface area contributed by atoms with E-state index in [4.69, 9.17) is 5.73 Å². The fourth-order valence-corrected chi connectivity index (χ4v) is 2.31. The highest BCUT2D eigenvalue weighted by atomic mass is 79.9. The summed E-state index contributed by atoms with van der Waals surface area (Å²) in [4.78, 5) is 22.2. The number of nitrogens with zero attached hydrogens (tertiary/aromatic N) is 1. The van der Waals surface area contributed by atoms with E-state index < -0.39 is 22.3 Å². The number of anilines is 1. The molecule has 2 aromatic carbocycles. The summed E-state index contributed by atoms with van der Waals surface area (Å²) in [5.74, 6) is -1.32. The SMILES string of the molecule is NCc1cc(Br)ccc1NC(=O)c1cccc([N+](=O)[O-])c1O. The summed E-state index contributed by atoms with van der Waals surface area (Å²) in [6.07, 6.45) is 0. The maximum Gasteiger partial charge on any atom is 0.311 e. The van der Waals surface area contributed by atoms with Gasteiger partial charge < -0.3 is 16.2 Å². The third kappa shape index (κ3) is 3.23. The number of nitrogens with two attached hydrogens (primary N) is 1. The van der Waals surface area contributed by atoms with E-state index in [1.807, 2.05) is 0 Å². The predicted molar refractivity (Wildman–Crippen MR) is 84.7 cm³/mol. The van der Waals surface area contributed by atoms with Gasteiger partial charge in [0.1, 0.15) is 0 Å². The van der Waals surface area contributed by atoms with Crippen molar-refractivity contribution in [2.45, 2.75) is 6.54 Å². The van der Waals surface area contributed by atoms with Crippen molar-refractivity contribution in [3.8, 4) is 5.75 Å². The zero-order valence-electron chi connectivity index (χ0n) is 11.2. The van der Waals surface area contributed by atoms with Crippen LogP contribution in [0, 0.1) is 10.1 Å². The molecule has 0 aliphatic heterocycles. The molecule has 0 radical (unpaired) electrons. The van der Waals surface area contributed by atoms with Gasteiger partial charge in [0.15, 0.2) is 0 Å². The Balaban J connectivity index is 2.34. The zero-order valence-corrected chi connectivity index (χ0v) is 12.8. The molecular weight excluding hydrogens is 354 g/mol. The number of phenols is 1. The molecule has 4 N–H and O–H groups in total. The maximum atomic E-state index is 12.2. The molecule has 0 aromatic heterocycles. The number of nitro benzene ring substituents is 1. The highest BCUT2D eigenvalue weighted by Crippen LogP contribution is 2.30. The lowest BCUT2D eigenvalue weighted by atomic mass is 10.1. The molecule has 114 valence electrons. The number of nitro groups is 1. The number of carbonyl (C=O) groups excluding carboxylic acids is 1. The second-order valence-electron chi connectivity index (χ2n) is 4.39. The number of para-hydroxylation sites is 1. The summed E-state index contributed by atoms with van der Waals surface area (Å²) in [5.41, 5.74) is 6.07. The first-order valence-corrected chi connectivity index (χ1v) is 6.99. The molecule has 0 aliphatic carbocycles. The van der Waals surface area contributed by atoms with Gasteiger partial charge in [0.05, 0.1) is 10.5 Å². The topological polar surface area (TPSA) is 118 Å². The molecule has 0 unspecified atom stereocenters. The number of rotatable bonds is 4. The largest absolute Gasteiger partial charge is 0.502 e. The van der Waals surface area contributed by atoms with E-state index in [-0.39, 0.29) is 12.1 Å². The van der Waals surface area contributed by atoms with Crippen LogP contribution in [0.1, 0.15) is 15.9 Å². The van der Waals surface area contributed by atoms with Crippen molar-refractivity contribution in [1.29, 1.82) is 0 Å². The van der Waals surface area contributed by atoms with Crippen molar-refractivity contribution in [1.82, 2.24) is 0 Å². The van der Waals surface area contributed by atoms with Crippen LogP contribution in [0.4, 0.5) is 11.4 Å². The van der Waals surface area contributed by atoms with Gasteiger partial charge in [-0.2, -0.15) is 0 Å². The Morgan fingerprint density at radius 1 is 1.36 bits per heavy atom. The third-order valence-corrected chi connectivity index (χ3v) is 3.48. The molecule has 0 bridgehead atoms. The summed E-state index contributed by atoms with van der Waals surface area (Å²) >= 11 is 3.30. The Bertz CT molecular complexity index is 749. The molecular formula is C14H12BrN3O4. The van der Waals surface area contributed by atoms with Gasteiger partial charge in [-0.1, -0.05) is 22.0 Å². The number of amides is 1. The van der Waals surface area contributed by atoms with Gasteiger partial charge in [-0.05, 0) is 29.8 Å².